The minimum atomic E-state index is -0.299. The summed E-state index contributed by atoms with van der Waals surface area (Å²) in [5, 5.41) is 14.6. The van der Waals surface area contributed by atoms with E-state index in [1.165, 1.54) is 6.07 Å². The van der Waals surface area contributed by atoms with Gasteiger partial charge in [0.25, 0.3) is 0 Å². The van der Waals surface area contributed by atoms with E-state index in [1.807, 2.05) is 6.07 Å². The summed E-state index contributed by atoms with van der Waals surface area (Å²) >= 11 is 0. The molecule has 0 amide bonds. The lowest BCUT2D eigenvalue weighted by Crippen LogP contribution is -1.85. The molecule has 3 aromatic heterocycles. The quantitative estimate of drug-likeness (QED) is 0.592. The molecule has 6 heteroatoms. The second-order valence-corrected chi connectivity index (χ2v) is 4.65. The van der Waals surface area contributed by atoms with Crippen LogP contribution in [-0.4, -0.2) is 25.4 Å². The van der Waals surface area contributed by atoms with Crippen LogP contribution in [0.1, 0.15) is 0 Å². The lowest BCUT2D eigenvalue weighted by molar-refractivity contribution is 0.631. The molecule has 4 rings (SSSR count). The Labute approximate surface area is 118 Å². The van der Waals surface area contributed by atoms with Crippen molar-refractivity contribution >= 4 is 10.9 Å². The molecule has 3 heterocycles. The molecule has 4 aromatic rings. The summed E-state index contributed by atoms with van der Waals surface area (Å²) in [5.74, 6) is -0.299. The highest BCUT2D eigenvalue weighted by Crippen LogP contribution is 2.30. The Balaban J connectivity index is 1.95. The minimum absolute atomic E-state index is 0.299. The molecule has 5 nitrogen and oxygen atoms in total. The number of nitrogens with zero attached hydrogens (tertiary/aromatic N) is 3. The summed E-state index contributed by atoms with van der Waals surface area (Å²) in [6.07, 6.45) is 5.14. The first-order chi connectivity index (χ1) is 10.3. The second-order valence-electron chi connectivity index (χ2n) is 4.65. The molecule has 0 radical (unpaired) electrons. The van der Waals surface area contributed by atoms with Crippen LogP contribution in [0.25, 0.3) is 33.4 Å². The van der Waals surface area contributed by atoms with E-state index in [2.05, 4.69) is 25.4 Å². The summed E-state index contributed by atoms with van der Waals surface area (Å²) in [5.41, 5.74) is 3.44. The Morgan fingerprint density at radius 2 is 2.00 bits per heavy atom. The van der Waals surface area contributed by atoms with E-state index in [4.69, 9.17) is 0 Å². The summed E-state index contributed by atoms with van der Waals surface area (Å²) in [4.78, 5) is 4.35. The van der Waals surface area contributed by atoms with Crippen molar-refractivity contribution in [3.63, 3.8) is 0 Å². The van der Waals surface area contributed by atoms with Crippen LogP contribution in [-0.2, 0) is 0 Å². The van der Waals surface area contributed by atoms with Crippen molar-refractivity contribution in [3.05, 3.63) is 54.7 Å². The number of hydrogen-bond acceptors (Lipinski definition) is 3. The Kier molecular flexibility index (Phi) is 2.53. The molecule has 0 bridgehead atoms. The van der Waals surface area contributed by atoms with Crippen LogP contribution in [0, 0.1) is 5.82 Å². The molecular weight excluding hydrogens is 269 g/mol. The maximum atomic E-state index is 14.0. The number of fused-ring (bicyclic) bond motifs is 1. The fourth-order valence-electron chi connectivity index (χ4n) is 2.32. The largest absolute Gasteiger partial charge is 0.285 e. The maximum Gasteiger partial charge on any atom is 0.132 e. The Bertz CT molecular complexity index is 911. The second kappa shape index (κ2) is 4.52. The van der Waals surface area contributed by atoms with Crippen molar-refractivity contribution in [2.24, 2.45) is 0 Å². The van der Waals surface area contributed by atoms with Crippen molar-refractivity contribution in [2.45, 2.75) is 0 Å². The molecule has 0 fully saturated rings. The number of aromatic amines is 2. The van der Waals surface area contributed by atoms with Gasteiger partial charge in [-0.05, 0) is 18.2 Å². The molecule has 2 N–H and O–H groups in total. The minimum Gasteiger partial charge on any atom is -0.285 e. The first-order valence-corrected chi connectivity index (χ1v) is 6.41. The van der Waals surface area contributed by atoms with Crippen molar-refractivity contribution in [1.29, 1.82) is 0 Å². The number of pyridine rings is 1. The van der Waals surface area contributed by atoms with Crippen LogP contribution >= 0.6 is 0 Å². The topological polar surface area (TPSA) is 70.2 Å². The molecule has 0 saturated carbocycles. The zero-order chi connectivity index (χ0) is 14.2. The molecule has 0 atom stereocenters. The molecule has 1 aromatic carbocycles. The van der Waals surface area contributed by atoms with Gasteiger partial charge in [0.05, 0.1) is 23.6 Å². The van der Waals surface area contributed by atoms with Crippen LogP contribution < -0.4 is 0 Å². The third kappa shape index (κ3) is 1.88. The number of benzene rings is 1. The number of rotatable bonds is 2. The van der Waals surface area contributed by atoms with E-state index >= 15 is 0 Å². The lowest BCUT2D eigenvalue weighted by atomic mass is 10.1. The van der Waals surface area contributed by atoms with Crippen LogP contribution in [0.5, 0.6) is 0 Å². The van der Waals surface area contributed by atoms with E-state index < -0.39 is 0 Å². The van der Waals surface area contributed by atoms with Gasteiger partial charge in [-0.2, -0.15) is 10.2 Å². The molecule has 0 spiro atoms. The highest BCUT2D eigenvalue weighted by Gasteiger charge is 2.13. The smallest absolute Gasteiger partial charge is 0.132 e. The summed E-state index contributed by atoms with van der Waals surface area (Å²) in [6.45, 7) is 0. The number of hydrogen-bond donors (Lipinski definition) is 2. The summed E-state index contributed by atoms with van der Waals surface area (Å²) in [7, 11) is 0. The van der Waals surface area contributed by atoms with E-state index in [0.717, 1.165) is 22.2 Å². The highest BCUT2D eigenvalue weighted by molar-refractivity contribution is 5.94. The Morgan fingerprint density at radius 1 is 1.10 bits per heavy atom. The van der Waals surface area contributed by atoms with Gasteiger partial charge in [0.1, 0.15) is 11.5 Å². The average molecular weight is 279 g/mol. The Morgan fingerprint density at radius 3 is 2.81 bits per heavy atom. The lowest BCUT2D eigenvalue weighted by Gasteiger charge is -2.01. The molecular formula is C15H10FN5. The van der Waals surface area contributed by atoms with Crippen molar-refractivity contribution < 1.29 is 4.39 Å². The van der Waals surface area contributed by atoms with Crippen molar-refractivity contribution in [3.8, 4) is 22.5 Å². The summed E-state index contributed by atoms with van der Waals surface area (Å²) < 4.78 is 14.0. The fraction of sp³-hybridized carbons (Fsp3) is 0. The first kappa shape index (κ1) is 11.8. The van der Waals surface area contributed by atoms with Crippen LogP contribution in [0.2, 0.25) is 0 Å². The van der Waals surface area contributed by atoms with Crippen molar-refractivity contribution in [2.75, 3.05) is 0 Å². The Hall–Kier alpha value is -3.02. The first-order valence-electron chi connectivity index (χ1n) is 6.41. The van der Waals surface area contributed by atoms with E-state index in [1.54, 1.807) is 36.8 Å². The predicted molar refractivity (Wildman–Crippen MR) is 76.9 cm³/mol. The van der Waals surface area contributed by atoms with Crippen molar-refractivity contribution in [1.82, 2.24) is 25.4 Å². The van der Waals surface area contributed by atoms with E-state index in [9.17, 15) is 4.39 Å². The van der Waals surface area contributed by atoms with Gasteiger partial charge in [0.15, 0.2) is 0 Å². The number of nitrogens with one attached hydrogen (secondary N) is 2. The van der Waals surface area contributed by atoms with Gasteiger partial charge in [-0.25, -0.2) is 4.39 Å². The molecule has 0 aliphatic carbocycles. The van der Waals surface area contributed by atoms with E-state index in [0.29, 0.717) is 11.3 Å². The molecule has 21 heavy (non-hydrogen) atoms. The zero-order valence-electron chi connectivity index (χ0n) is 10.8. The average Bonchev–Trinajstić information content (AvgIpc) is 3.17. The van der Waals surface area contributed by atoms with Gasteiger partial charge in [-0.15, -0.1) is 0 Å². The van der Waals surface area contributed by atoms with Crippen LogP contribution in [0.3, 0.4) is 0 Å². The zero-order valence-corrected chi connectivity index (χ0v) is 10.8. The normalized spacial score (nSPS) is 11.1. The van der Waals surface area contributed by atoms with E-state index in [-0.39, 0.29) is 5.82 Å². The third-order valence-corrected chi connectivity index (χ3v) is 3.37. The van der Waals surface area contributed by atoms with Gasteiger partial charge in [-0.1, -0.05) is 12.1 Å². The SMILES string of the molecule is Fc1ccccc1-c1n[nH]c2cnc(-c3cn[nH]c3)cc12. The number of halogens is 1. The molecule has 0 saturated heterocycles. The molecule has 0 aliphatic rings. The third-order valence-electron chi connectivity index (χ3n) is 3.37. The van der Waals surface area contributed by atoms with Gasteiger partial charge in [-0.3, -0.25) is 15.2 Å². The van der Waals surface area contributed by atoms with Crippen LogP contribution in [0.15, 0.2) is 48.9 Å². The number of aromatic nitrogens is 5. The molecule has 102 valence electrons. The van der Waals surface area contributed by atoms with Gasteiger partial charge >= 0.3 is 0 Å². The maximum absolute atomic E-state index is 14.0. The van der Waals surface area contributed by atoms with Gasteiger partial charge < -0.3 is 0 Å². The summed E-state index contributed by atoms with van der Waals surface area (Å²) in [6, 6.07) is 8.46. The molecule has 0 unspecified atom stereocenters. The number of H-pyrrole nitrogens is 2. The molecule has 0 aliphatic heterocycles. The van der Waals surface area contributed by atoms with Gasteiger partial charge in [0, 0.05) is 22.7 Å². The highest BCUT2D eigenvalue weighted by atomic mass is 19.1. The van der Waals surface area contributed by atoms with Gasteiger partial charge in [0.2, 0.25) is 0 Å². The standard InChI is InChI=1S/C15H10FN5/c16-12-4-2-1-3-10(12)15-11-5-13(9-6-18-19-7-9)17-8-14(11)20-21-15/h1-8H,(H,18,19)(H,20,21). The predicted octanol–water partition coefficient (Wildman–Crippen LogP) is 3.15. The van der Waals surface area contributed by atoms with Crippen LogP contribution in [0.4, 0.5) is 4.39 Å². The fourth-order valence-corrected chi connectivity index (χ4v) is 2.32. The monoisotopic (exact) mass is 279 g/mol.